The van der Waals surface area contributed by atoms with Crippen LogP contribution in [0.3, 0.4) is 0 Å². The normalized spacial score (nSPS) is 18.8. The summed E-state index contributed by atoms with van der Waals surface area (Å²) in [5.41, 5.74) is 5.39. The van der Waals surface area contributed by atoms with Crippen LogP contribution in [-0.2, 0) is 4.74 Å². The summed E-state index contributed by atoms with van der Waals surface area (Å²) in [6.45, 7) is 1.18. The lowest BCUT2D eigenvalue weighted by molar-refractivity contribution is 0.0117. The number of hydrogen-bond acceptors (Lipinski definition) is 3. The second-order valence-corrected chi connectivity index (χ2v) is 4.89. The summed E-state index contributed by atoms with van der Waals surface area (Å²) in [5, 5.41) is 2.65. The minimum atomic E-state index is -1.08. The molecule has 0 aromatic heterocycles. The minimum absolute atomic E-state index is 0.0477. The molecule has 0 bridgehead atoms. The molecule has 2 rings (SSSR count). The van der Waals surface area contributed by atoms with Crippen LogP contribution in [0.2, 0.25) is 0 Å². The Hall–Kier alpha value is -1.69. The number of nitrogens with one attached hydrogen (secondary N) is 1. The molecular weight excluding hydrogens is 266 g/mol. The Kier molecular flexibility index (Phi) is 4.89. The molecule has 1 aromatic carbocycles. The lowest BCUT2D eigenvalue weighted by Crippen LogP contribution is -2.30. The van der Waals surface area contributed by atoms with Crippen LogP contribution in [0.1, 0.15) is 36.0 Å². The number of halogens is 2. The highest BCUT2D eigenvalue weighted by Gasteiger charge is 2.16. The topological polar surface area (TPSA) is 64.4 Å². The van der Waals surface area contributed by atoms with E-state index < -0.39 is 17.5 Å². The van der Waals surface area contributed by atoms with Crippen LogP contribution in [0, 0.1) is 11.6 Å². The fraction of sp³-hybridized carbons (Fsp3) is 0.500. The van der Waals surface area contributed by atoms with E-state index in [1.807, 2.05) is 0 Å². The van der Waals surface area contributed by atoms with Gasteiger partial charge in [0, 0.05) is 24.9 Å². The lowest BCUT2D eigenvalue weighted by atomic mass is 10.1. The quantitative estimate of drug-likeness (QED) is 0.833. The number of hydrogen-bond donors (Lipinski definition) is 2. The molecule has 0 saturated carbocycles. The zero-order chi connectivity index (χ0) is 14.5. The molecule has 1 fully saturated rings. The highest BCUT2D eigenvalue weighted by Crippen LogP contribution is 2.17. The van der Waals surface area contributed by atoms with Gasteiger partial charge in [-0.1, -0.05) is 0 Å². The maximum absolute atomic E-state index is 13.1. The van der Waals surface area contributed by atoms with Crippen molar-refractivity contribution in [2.24, 2.45) is 0 Å². The molecule has 1 unspecified atom stereocenters. The molecule has 20 heavy (non-hydrogen) atoms. The van der Waals surface area contributed by atoms with E-state index in [1.54, 1.807) is 0 Å². The largest absolute Gasteiger partial charge is 0.398 e. The van der Waals surface area contributed by atoms with Gasteiger partial charge in [0.2, 0.25) is 0 Å². The third-order valence-electron chi connectivity index (χ3n) is 3.36. The zero-order valence-corrected chi connectivity index (χ0v) is 11.1. The van der Waals surface area contributed by atoms with Crippen LogP contribution >= 0.6 is 0 Å². The van der Waals surface area contributed by atoms with Crippen LogP contribution in [0.5, 0.6) is 0 Å². The van der Waals surface area contributed by atoms with Crippen molar-refractivity contribution < 1.29 is 18.3 Å². The standard InChI is InChI=1S/C14H18F2N2O2/c15-11-7-10(13(17)8-12(11)16)14(19)18-5-4-9-3-1-2-6-20-9/h7-9H,1-6,17H2,(H,18,19). The van der Waals surface area contributed by atoms with E-state index in [-0.39, 0.29) is 17.4 Å². The molecule has 110 valence electrons. The van der Waals surface area contributed by atoms with Crippen molar-refractivity contribution in [1.29, 1.82) is 0 Å². The SMILES string of the molecule is Nc1cc(F)c(F)cc1C(=O)NCCC1CCCCO1. The smallest absolute Gasteiger partial charge is 0.253 e. The molecule has 4 nitrogen and oxygen atoms in total. The Labute approximate surface area is 116 Å². The van der Waals surface area contributed by atoms with Crippen molar-refractivity contribution in [3.8, 4) is 0 Å². The van der Waals surface area contributed by atoms with Crippen molar-refractivity contribution in [2.45, 2.75) is 31.8 Å². The van der Waals surface area contributed by atoms with E-state index in [2.05, 4.69) is 5.32 Å². The fourth-order valence-electron chi connectivity index (χ4n) is 2.24. The maximum Gasteiger partial charge on any atom is 0.253 e. The Balaban J connectivity index is 1.87. The molecule has 1 heterocycles. The van der Waals surface area contributed by atoms with E-state index in [9.17, 15) is 13.6 Å². The first-order chi connectivity index (χ1) is 9.58. The van der Waals surface area contributed by atoms with Gasteiger partial charge in [0.05, 0.1) is 11.7 Å². The van der Waals surface area contributed by atoms with Gasteiger partial charge in [0.1, 0.15) is 0 Å². The van der Waals surface area contributed by atoms with Gasteiger partial charge in [0.25, 0.3) is 5.91 Å². The lowest BCUT2D eigenvalue weighted by Gasteiger charge is -2.22. The first-order valence-electron chi connectivity index (χ1n) is 6.72. The Morgan fingerprint density at radius 2 is 2.10 bits per heavy atom. The number of amides is 1. The summed E-state index contributed by atoms with van der Waals surface area (Å²) in [4.78, 5) is 11.8. The number of ether oxygens (including phenoxy) is 1. The van der Waals surface area contributed by atoms with Crippen LogP contribution in [-0.4, -0.2) is 25.2 Å². The number of anilines is 1. The second-order valence-electron chi connectivity index (χ2n) is 4.89. The molecule has 1 saturated heterocycles. The molecule has 6 heteroatoms. The maximum atomic E-state index is 13.1. The van der Waals surface area contributed by atoms with Gasteiger partial charge in [-0.2, -0.15) is 0 Å². The minimum Gasteiger partial charge on any atom is -0.398 e. The van der Waals surface area contributed by atoms with E-state index in [1.165, 1.54) is 0 Å². The van der Waals surface area contributed by atoms with E-state index in [0.29, 0.717) is 13.0 Å². The second kappa shape index (κ2) is 6.65. The molecule has 1 aliphatic rings. The highest BCUT2D eigenvalue weighted by atomic mass is 19.2. The molecule has 0 aliphatic carbocycles. The van der Waals surface area contributed by atoms with Crippen LogP contribution < -0.4 is 11.1 Å². The number of rotatable bonds is 4. The first-order valence-corrected chi connectivity index (χ1v) is 6.72. The highest BCUT2D eigenvalue weighted by molar-refractivity contribution is 5.99. The number of benzene rings is 1. The van der Waals surface area contributed by atoms with Gasteiger partial charge in [0.15, 0.2) is 11.6 Å². The molecule has 1 atom stereocenters. The van der Waals surface area contributed by atoms with Gasteiger partial charge in [-0.15, -0.1) is 0 Å². The Bertz CT molecular complexity index is 488. The third kappa shape index (κ3) is 3.66. The summed E-state index contributed by atoms with van der Waals surface area (Å²) in [6.07, 6.45) is 4.06. The van der Waals surface area contributed by atoms with Crippen LogP contribution in [0.25, 0.3) is 0 Å². The molecule has 1 aromatic rings. The Morgan fingerprint density at radius 1 is 1.35 bits per heavy atom. The van der Waals surface area contributed by atoms with Gasteiger partial charge in [-0.05, 0) is 31.7 Å². The predicted octanol–water partition coefficient (Wildman–Crippen LogP) is 2.24. The summed E-state index contributed by atoms with van der Waals surface area (Å²) in [5.74, 6) is -2.65. The van der Waals surface area contributed by atoms with Crippen LogP contribution in [0.4, 0.5) is 14.5 Å². The van der Waals surface area contributed by atoms with E-state index >= 15 is 0 Å². The summed E-state index contributed by atoms with van der Waals surface area (Å²) in [7, 11) is 0. The summed E-state index contributed by atoms with van der Waals surface area (Å²) >= 11 is 0. The number of carbonyl (C=O) groups excluding carboxylic acids is 1. The zero-order valence-electron chi connectivity index (χ0n) is 11.1. The monoisotopic (exact) mass is 284 g/mol. The predicted molar refractivity (Wildman–Crippen MR) is 71.3 cm³/mol. The molecule has 1 amide bonds. The number of nitrogens with two attached hydrogens (primary N) is 1. The van der Waals surface area contributed by atoms with Gasteiger partial charge < -0.3 is 15.8 Å². The molecule has 1 aliphatic heterocycles. The number of nitrogen functional groups attached to an aromatic ring is 1. The van der Waals surface area contributed by atoms with Gasteiger partial charge in [-0.3, -0.25) is 4.79 Å². The fourth-order valence-corrected chi connectivity index (χ4v) is 2.24. The summed E-state index contributed by atoms with van der Waals surface area (Å²) in [6, 6.07) is 1.63. The van der Waals surface area contributed by atoms with Crippen molar-refractivity contribution in [3.63, 3.8) is 0 Å². The molecule has 0 spiro atoms. The van der Waals surface area contributed by atoms with Gasteiger partial charge in [-0.25, -0.2) is 8.78 Å². The summed E-state index contributed by atoms with van der Waals surface area (Å²) < 4.78 is 31.6. The average molecular weight is 284 g/mol. The van der Waals surface area contributed by atoms with Crippen molar-refractivity contribution in [2.75, 3.05) is 18.9 Å². The van der Waals surface area contributed by atoms with Crippen molar-refractivity contribution in [1.82, 2.24) is 5.32 Å². The molecule has 0 radical (unpaired) electrons. The Morgan fingerprint density at radius 3 is 2.80 bits per heavy atom. The van der Waals surface area contributed by atoms with Crippen molar-refractivity contribution in [3.05, 3.63) is 29.3 Å². The van der Waals surface area contributed by atoms with E-state index in [4.69, 9.17) is 10.5 Å². The average Bonchev–Trinajstić information content (AvgIpc) is 2.44. The molecular formula is C14H18F2N2O2. The van der Waals surface area contributed by atoms with Crippen molar-refractivity contribution >= 4 is 11.6 Å². The third-order valence-corrected chi connectivity index (χ3v) is 3.36. The first kappa shape index (κ1) is 14.7. The van der Waals surface area contributed by atoms with Crippen LogP contribution in [0.15, 0.2) is 12.1 Å². The van der Waals surface area contributed by atoms with Gasteiger partial charge >= 0.3 is 0 Å². The number of carbonyl (C=O) groups is 1. The molecule has 3 N–H and O–H groups in total. The van der Waals surface area contributed by atoms with E-state index in [0.717, 1.165) is 38.0 Å².